The van der Waals surface area contributed by atoms with Gasteiger partial charge < -0.3 is 19.5 Å². The Kier molecular flexibility index (Phi) is 5.25. The molecule has 0 radical (unpaired) electrons. The molecule has 0 spiro atoms. The van der Waals surface area contributed by atoms with E-state index in [0.717, 1.165) is 17.8 Å². The number of nitrogens with zero attached hydrogens (tertiary/aromatic N) is 1. The van der Waals surface area contributed by atoms with Crippen LogP contribution in [0.2, 0.25) is 0 Å². The molecule has 4 nitrogen and oxygen atoms in total. The van der Waals surface area contributed by atoms with Crippen molar-refractivity contribution >= 4 is 5.69 Å². The molecule has 0 aliphatic heterocycles. The minimum absolute atomic E-state index is 0.564. The minimum atomic E-state index is -0.564. The number of hydrogen-bond donors (Lipinski definition) is 1. The summed E-state index contributed by atoms with van der Waals surface area (Å²) >= 11 is 0. The highest BCUT2D eigenvalue weighted by Crippen LogP contribution is 2.33. The zero-order valence-corrected chi connectivity index (χ0v) is 10.9. The summed E-state index contributed by atoms with van der Waals surface area (Å²) in [6.07, 6.45) is -0.564. The Bertz CT molecular complexity index is 353. The number of rotatable bonds is 6. The van der Waals surface area contributed by atoms with Gasteiger partial charge in [0.05, 0.1) is 19.8 Å². The quantitative estimate of drug-likeness (QED) is 0.822. The molecule has 0 aromatic heterocycles. The van der Waals surface area contributed by atoms with Gasteiger partial charge >= 0.3 is 0 Å². The third-order valence-corrected chi connectivity index (χ3v) is 2.72. The van der Waals surface area contributed by atoms with Crippen LogP contribution in [0.3, 0.4) is 0 Å². The second-order valence-corrected chi connectivity index (χ2v) is 3.98. The second kappa shape index (κ2) is 6.47. The molecule has 0 aliphatic rings. The fourth-order valence-corrected chi connectivity index (χ4v) is 1.81. The lowest BCUT2D eigenvalue weighted by Crippen LogP contribution is -2.23. The SMILES string of the molecule is COCCN(C)c1cccc(OC)c1C(C)O. The van der Waals surface area contributed by atoms with Crippen LogP contribution in [0.1, 0.15) is 18.6 Å². The molecule has 1 unspecified atom stereocenters. The van der Waals surface area contributed by atoms with Gasteiger partial charge in [-0.3, -0.25) is 0 Å². The summed E-state index contributed by atoms with van der Waals surface area (Å²) in [5, 5.41) is 9.85. The van der Waals surface area contributed by atoms with Crippen LogP contribution in [0.4, 0.5) is 5.69 Å². The lowest BCUT2D eigenvalue weighted by molar-refractivity contribution is 0.193. The molecule has 4 heteroatoms. The van der Waals surface area contributed by atoms with Gasteiger partial charge in [-0.25, -0.2) is 0 Å². The van der Waals surface area contributed by atoms with Crippen LogP contribution < -0.4 is 9.64 Å². The Morgan fingerprint density at radius 2 is 2.06 bits per heavy atom. The Balaban J connectivity index is 3.05. The van der Waals surface area contributed by atoms with Crippen LogP contribution in [0, 0.1) is 0 Å². The highest BCUT2D eigenvalue weighted by Gasteiger charge is 2.16. The van der Waals surface area contributed by atoms with Gasteiger partial charge in [0.25, 0.3) is 0 Å². The molecule has 0 heterocycles. The first-order chi connectivity index (χ1) is 8.11. The maximum atomic E-state index is 9.85. The number of benzene rings is 1. The molecule has 1 aromatic rings. The van der Waals surface area contributed by atoms with E-state index in [2.05, 4.69) is 0 Å². The zero-order valence-electron chi connectivity index (χ0n) is 10.9. The second-order valence-electron chi connectivity index (χ2n) is 3.98. The number of aliphatic hydroxyl groups is 1. The highest BCUT2D eigenvalue weighted by molar-refractivity contribution is 5.60. The molecule has 0 saturated heterocycles. The van der Waals surface area contributed by atoms with E-state index in [1.807, 2.05) is 30.1 Å². The van der Waals surface area contributed by atoms with Gasteiger partial charge in [0.1, 0.15) is 5.75 Å². The number of anilines is 1. The fourth-order valence-electron chi connectivity index (χ4n) is 1.81. The van der Waals surface area contributed by atoms with Crippen molar-refractivity contribution in [3.63, 3.8) is 0 Å². The van der Waals surface area contributed by atoms with Crippen molar-refractivity contribution in [3.8, 4) is 5.75 Å². The molecule has 0 amide bonds. The summed E-state index contributed by atoms with van der Waals surface area (Å²) in [6, 6.07) is 5.75. The molecule has 1 rings (SSSR count). The van der Waals surface area contributed by atoms with Crippen LogP contribution in [-0.4, -0.2) is 39.5 Å². The van der Waals surface area contributed by atoms with Crippen molar-refractivity contribution in [2.45, 2.75) is 13.0 Å². The van der Waals surface area contributed by atoms with Crippen molar-refractivity contribution in [3.05, 3.63) is 23.8 Å². The van der Waals surface area contributed by atoms with Gasteiger partial charge in [0.15, 0.2) is 0 Å². The highest BCUT2D eigenvalue weighted by atomic mass is 16.5. The van der Waals surface area contributed by atoms with E-state index < -0.39 is 6.10 Å². The van der Waals surface area contributed by atoms with Gasteiger partial charge in [-0.1, -0.05) is 6.07 Å². The fraction of sp³-hybridized carbons (Fsp3) is 0.538. The number of aliphatic hydroxyl groups excluding tert-OH is 1. The van der Waals surface area contributed by atoms with Crippen molar-refractivity contribution in [1.82, 2.24) is 0 Å². The predicted octanol–water partition coefficient (Wildman–Crippen LogP) is 1.83. The van der Waals surface area contributed by atoms with Crippen LogP contribution in [0.15, 0.2) is 18.2 Å². The van der Waals surface area contributed by atoms with E-state index in [1.165, 1.54) is 0 Å². The Morgan fingerprint density at radius 3 is 2.59 bits per heavy atom. The largest absolute Gasteiger partial charge is 0.496 e. The van der Waals surface area contributed by atoms with Crippen LogP contribution in [-0.2, 0) is 4.74 Å². The van der Waals surface area contributed by atoms with Gasteiger partial charge in [-0.05, 0) is 19.1 Å². The van der Waals surface area contributed by atoms with E-state index >= 15 is 0 Å². The molecule has 0 aliphatic carbocycles. The molecule has 1 aromatic carbocycles. The van der Waals surface area contributed by atoms with Crippen molar-refractivity contribution in [2.75, 3.05) is 39.3 Å². The average Bonchev–Trinajstić information content (AvgIpc) is 2.34. The summed E-state index contributed by atoms with van der Waals surface area (Å²) in [5.41, 5.74) is 1.78. The molecular weight excluding hydrogens is 218 g/mol. The molecule has 96 valence electrons. The van der Waals surface area contributed by atoms with Gasteiger partial charge in [-0.15, -0.1) is 0 Å². The third kappa shape index (κ3) is 3.35. The van der Waals surface area contributed by atoms with Crippen LogP contribution in [0.25, 0.3) is 0 Å². The normalized spacial score (nSPS) is 12.3. The van der Waals surface area contributed by atoms with Crippen molar-refractivity contribution in [2.24, 2.45) is 0 Å². The van der Waals surface area contributed by atoms with Gasteiger partial charge in [0, 0.05) is 32.0 Å². The average molecular weight is 239 g/mol. The summed E-state index contributed by atoms with van der Waals surface area (Å²) in [6.45, 7) is 3.15. The topological polar surface area (TPSA) is 41.9 Å². The molecule has 0 bridgehead atoms. The molecule has 17 heavy (non-hydrogen) atoms. The van der Waals surface area contributed by atoms with E-state index in [4.69, 9.17) is 9.47 Å². The number of likely N-dealkylation sites (N-methyl/N-ethyl adjacent to an activating group) is 1. The maximum Gasteiger partial charge on any atom is 0.126 e. The molecule has 0 fully saturated rings. The van der Waals surface area contributed by atoms with Crippen LogP contribution >= 0.6 is 0 Å². The lowest BCUT2D eigenvalue weighted by atomic mass is 10.1. The lowest BCUT2D eigenvalue weighted by Gasteiger charge is -2.24. The summed E-state index contributed by atoms with van der Waals surface area (Å²) < 4.78 is 10.3. The monoisotopic (exact) mass is 239 g/mol. The molecule has 0 saturated carbocycles. The number of ether oxygens (including phenoxy) is 2. The Labute approximate surface area is 103 Å². The number of hydrogen-bond acceptors (Lipinski definition) is 4. The van der Waals surface area contributed by atoms with E-state index in [0.29, 0.717) is 12.4 Å². The van der Waals surface area contributed by atoms with Crippen molar-refractivity contribution < 1.29 is 14.6 Å². The number of methoxy groups -OCH3 is 2. The first kappa shape index (κ1) is 13.8. The molecule has 1 N–H and O–H groups in total. The van der Waals surface area contributed by atoms with Crippen molar-refractivity contribution in [1.29, 1.82) is 0 Å². The first-order valence-corrected chi connectivity index (χ1v) is 5.66. The Morgan fingerprint density at radius 1 is 1.35 bits per heavy atom. The minimum Gasteiger partial charge on any atom is -0.496 e. The summed E-state index contributed by atoms with van der Waals surface area (Å²) in [4.78, 5) is 2.05. The molecular formula is C13H21NO3. The zero-order chi connectivity index (χ0) is 12.8. The smallest absolute Gasteiger partial charge is 0.126 e. The third-order valence-electron chi connectivity index (χ3n) is 2.72. The van der Waals surface area contributed by atoms with Gasteiger partial charge in [-0.2, -0.15) is 0 Å². The summed E-state index contributed by atoms with van der Waals surface area (Å²) in [5.74, 6) is 0.710. The predicted molar refractivity (Wildman–Crippen MR) is 68.8 cm³/mol. The summed E-state index contributed by atoms with van der Waals surface area (Å²) in [7, 11) is 5.26. The van der Waals surface area contributed by atoms with Gasteiger partial charge in [0.2, 0.25) is 0 Å². The van der Waals surface area contributed by atoms with E-state index in [-0.39, 0.29) is 0 Å². The van der Waals surface area contributed by atoms with E-state index in [1.54, 1.807) is 21.1 Å². The Hall–Kier alpha value is -1.26. The van der Waals surface area contributed by atoms with E-state index in [9.17, 15) is 5.11 Å². The molecule has 1 atom stereocenters. The first-order valence-electron chi connectivity index (χ1n) is 5.66. The standard InChI is InChI=1S/C13H21NO3/c1-10(15)13-11(14(2)8-9-16-3)6-5-7-12(13)17-4/h5-7,10,15H,8-9H2,1-4H3. The van der Waals surface area contributed by atoms with Crippen LogP contribution in [0.5, 0.6) is 5.75 Å². The maximum absolute atomic E-state index is 9.85.